The molecule has 0 atom stereocenters. The van der Waals surface area contributed by atoms with Gasteiger partial charge in [-0.1, -0.05) is 17.7 Å². The average molecular weight is 293 g/mol. The van der Waals surface area contributed by atoms with E-state index in [0.29, 0.717) is 5.02 Å². The number of hydrogen-bond donors (Lipinski definition) is 0. The van der Waals surface area contributed by atoms with E-state index in [2.05, 4.69) is 0 Å². The first-order valence-electron chi connectivity index (χ1n) is 5.45. The summed E-state index contributed by atoms with van der Waals surface area (Å²) in [5, 5.41) is 2.62. The number of thioether (sulfide) groups is 1. The highest BCUT2D eigenvalue weighted by Crippen LogP contribution is 2.35. The molecule has 0 saturated carbocycles. The van der Waals surface area contributed by atoms with Gasteiger partial charge in [-0.15, -0.1) is 23.1 Å². The quantitative estimate of drug-likeness (QED) is 0.704. The zero-order chi connectivity index (χ0) is 12.5. The average Bonchev–Trinajstić information content (AvgIpc) is 2.86. The van der Waals surface area contributed by atoms with Gasteiger partial charge >= 0.3 is 0 Å². The van der Waals surface area contributed by atoms with Gasteiger partial charge in [-0.25, -0.2) is 0 Å². The van der Waals surface area contributed by atoms with Crippen molar-refractivity contribution in [1.29, 1.82) is 0 Å². The molecule has 0 bridgehead atoms. The number of benzene rings is 1. The normalized spacial score (nSPS) is 16.9. The van der Waals surface area contributed by atoms with E-state index in [-0.39, 0.29) is 5.78 Å². The van der Waals surface area contributed by atoms with Crippen molar-refractivity contribution in [1.82, 2.24) is 0 Å². The molecule has 1 nitrogen and oxygen atoms in total. The van der Waals surface area contributed by atoms with E-state index in [1.807, 2.05) is 35.7 Å². The van der Waals surface area contributed by atoms with Gasteiger partial charge in [0.15, 0.2) is 5.78 Å². The molecule has 0 N–H and O–H groups in total. The third-order valence-corrected chi connectivity index (χ3v) is 4.90. The zero-order valence-corrected chi connectivity index (χ0v) is 11.7. The van der Waals surface area contributed by atoms with Crippen molar-refractivity contribution in [3.8, 4) is 0 Å². The maximum Gasteiger partial charge on any atom is 0.191 e. The first-order chi connectivity index (χ1) is 8.74. The van der Waals surface area contributed by atoms with Gasteiger partial charge in [-0.2, -0.15) is 0 Å². The van der Waals surface area contributed by atoms with Crippen LogP contribution in [0.25, 0.3) is 6.08 Å². The van der Waals surface area contributed by atoms with Crippen LogP contribution in [0, 0.1) is 0 Å². The largest absolute Gasteiger partial charge is 0.289 e. The van der Waals surface area contributed by atoms with Crippen molar-refractivity contribution in [2.24, 2.45) is 0 Å². The molecule has 0 saturated heterocycles. The number of fused-ring (bicyclic) bond motifs is 1. The van der Waals surface area contributed by atoms with Gasteiger partial charge in [-0.05, 0) is 35.7 Å². The summed E-state index contributed by atoms with van der Waals surface area (Å²) in [6, 6.07) is 9.51. The Morgan fingerprint density at radius 2 is 2.17 bits per heavy atom. The minimum Gasteiger partial charge on any atom is -0.289 e. The lowest BCUT2D eigenvalue weighted by Crippen LogP contribution is -2.12. The molecule has 4 heteroatoms. The molecule has 0 radical (unpaired) electrons. The monoisotopic (exact) mass is 292 g/mol. The van der Waals surface area contributed by atoms with Crippen LogP contribution >= 0.6 is 34.7 Å². The Hall–Kier alpha value is -1.03. The number of hydrogen-bond acceptors (Lipinski definition) is 3. The molecule has 1 aromatic heterocycles. The SMILES string of the molecule is O=C1C(=Cc2cccs2)CSc2ccc(Cl)cc21. The summed E-state index contributed by atoms with van der Waals surface area (Å²) in [4.78, 5) is 14.5. The fourth-order valence-electron chi connectivity index (χ4n) is 1.85. The highest BCUT2D eigenvalue weighted by Gasteiger charge is 2.22. The van der Waals surface area contributed by atoms with Gasteiger partial charge < -0.3 is 0 Å². The smallest absolute Gasteiger partial charge is 0.191 e. The second-order valence-corrected chi connectivity index (χ2v) is 6.38. The summed E-state index contributed by atoms with van der Waals surface area (Å²) in [6.45, 7) is 0. The fourth-order valence-corrected chi connectivity index (χ4v) is 3.70. The Morgan fingerprint density at radius 1 is 1.28 bits per heavy atom. The van der Waals surface area contributed by atoms with E-state index in [9.17, 15) is 4.79 Å². The van der Waals surface area contributed by atoms with Gasteiger partial charge in [0, 0.05) is 31.7 Å². The second-order valence-electron chi connectivity index (χ2n) is 3.94. The van der Waals surface area contributed by atoms with Crippen LogP contribution in [0.4, 0.5) is 0 Å². The fraction of sp³-hybridized carbons (Fsp3) is 0.0714. The van der Waals surface area contributed by atoms with Crippen molar-refractivity contribution < 1.29 is 4.79 Å². The molecule has 0 fully saturated rings. The van der Waals surface area contributed by atoms with E-state index >= 15 is 0 Å². The summed E-state index contributed by atoms with van der Waals surface area (Å²) in [5.74, 6) is 0.824. The summed E-state index contributed by atoms with van der Waals surface area (Å²) in [6.07, 6.45) is 1.98. The maximum atomic E-state index is 12.4. The lowest BCUT2D eigenvalue weighted by atomic mass is 10.0. The van der Waals surface area contributed by atoms with E-state index in [0.717, 1.165) is 26.7 Å². The second kappa shape index (κ2) is 4.92. The van der Waals surface area contributed by atoms with Gasteiger partial charge in [0.05, 0.1) is 0 Å². The van der Waals surface area contributed by atoms with Crippen LogP contribution in [-0.4, -0.2) is 11.5 Å². The van der Waals surface area contributed by atoms with Crippen molar-refractivity contribution in [2.45, 2.75) is 4.90 Å². The Labute approximate surface area is 118 Å². The predicted octanol–water partition coefficient (Wildman–Crippen LogP) is 4.77. The summed E-state index contributed by atoms with van der Waals surface area (Å²) >= 11 is 9.28. The summed E-state index contributed by atoms with van der Waals surface area (Å²) in [7, 11) is 0. The molecule has 3 rings (SSSR count). The zero-order valence-electron chi connectivity index (χ0n) is 9.35. The standard InChI is InChI=1S/C14H9ClOS2/c15-10-3-4-13-12(7-10)14(16)9(8-18-13)6-11-2-1-5-17-11/h1-7H,8H2. The van der Waals surface area contributed by atoms with Crippen LogP contribution in [0.1, 0.15) is 15.2 Å². The molecule has 0 aliphatic carbocycles. The van der Waals surface area contributed by atoms with Crippen LogP contribution in [-0.2, 0) is 0 Å². The molecule has 1 aliphatic rings. The highest BCUT2D eigenvalue weighted by molar-refractivity contribution is 7.99. The molecule has 0 spiro atoms. The molecular formula is C14H9ClOS2. The Balaban J connectivity index is 2.01. The Kier molecular flexibility index (Phi) is 3.29. The molecule has 0 unspecified atom stereocenters. The van der Waals surface area contributed by atoms with Gasteiger partial charge in [0.25, 0.3) is 0 Å². The van der Waals surface area contributed by atoms with Crippen molar-refractivity contribution >= 4 is 46.6 Å². The first kappa shape index (κ1) is 12.0. The first-order valence-corrected chi connectivity index (χ1v) is 7.69. The Morgan fingerprint density at radius 3 is 2.94 bits per heavy atom. The number of halogens is 1. The maximum absolute atomic E-state index is 12.4. The minimum atomic E-state index is 0.0969. The lowest BCUT2D eigenvalue weighted by Gasteiger charge is -2.16. The number of Topliss-reactive ketones (excluding diaryl/α,β-unsaturated/α-hetero) is 1. The third-order valence-electron chi connectivity index (χ3n) is 2.72. The number of carbonyl (C=O) groups is 1. The van der Waals surface area contributed by atoms with Crippen LogP contribution < -0.4 is 0 Å². The predicted molar refractivity (Wildman–Crippen MR) is 78.8 cm³/mol. The third kappa shape index (κ3) is 2.26. The minimum absolute atomic E-state index is 0.0969. The van der Waals surface area contributed by atoms with Crippen LogP contribution in [0.5, 0.6) is 0 Å². The number of rotatable bonds is 1. The van der Waals surface area contributed by atoms with Gasteiger partial charge in [-0.3, -0.25) is 4.79 Å². The molecule has 2 aromatic rings. The van der Waals surface area contributed by atoms with Crippen LogP contribution in [0.3, 0.4) is 0 Å². The van der Waals surface area contributed by atoms with E-state index in [1.165, 1.54) is 0 Å². The molecule has 90 valence electrons. The van der Waals surface area contributed by atoms with E-state index in [4.69, 9.17) is 11.6 Å². The topological polar surface area (TPSA) is 17.1 Å². The van der Waals surface area contributed by atoms with Crippen molar-refractivity contribution in [3.05, 3.63) is 56.7 Å². The summed E-state index contributed by atoms with van der Waals surface area (Å²) < 4.78 is 0. The lowest BCUT2D eigenvalue weighted by molar-refractivity contribution is 0.103. The van der Waals surface area contributed by atoms with Crippen LogP contribution in [0.2, 0.25) is 5.02 Å². The van der Waals surface area contributed by atoms with Crippen LogP contribution in [0.15, 0.2) is 46.2 Å². The van der Waals surface area contributed by atoms with Crippen molar-refractivity contribution in [2.75, 3.05) is 5.75 Å². The molecule has 1 aromatic carbocycles. The highest BCUT2D eigenvalue weighted by atomic mass is 35.5. The molecule has 2 heterocycles. The van der Waals surface area contributed by atoms with Gasteiger partial charge in [0.1, 0.15) is 0 Å². The molecule has 18 heavy (non-hydrogen) atoms. The Bertz CT molecular complexity index is 629. The van der Waals surface area contributed by atoms with E-state index in [1.54, 1.807) is 29.2 Å². The number of thiophene rings is 1. The molecule has 0 amide bonds. The van der Waals surface area contributed by atoms with Gasteiger partial charge in [0.2, 0.25) is 0 Å². The molecule has 1 aliphatic heterocycles. The number of carbonyl (C=O) groups excluding carboxylic acids is 1. The number of ketones is 1. The summed E-state index contributed by atoms with van der Waals surface area (Å²) in [5.41, 5.74) is 1.57. The van der Waals surface area contributed by atoms with E-state index < -0.39 is 0 Å². The molecular weight excluding hydrogens is 284 g/mol. The van der Waals surface area contributed by atoms with Crippen molar-refractivity contribution in [3.63, 3.8) is 0 Å².